The minimum absolute atomic E-state index is 0.0824. The van der Waals surface area contributed by atoms with Crippen molar-refractivity contribution in [1.29, 1.82) is 0 Å². The Balaban J connectivity index is 1.62. The Hall–Kier alpha value is -3.76. The van der Waals surface area contributed by atoms with Crippen LogP contribution < -0.4 is 5.73 Å². The topological polar surface area (TPSA) is 124 Å². The second-order valence-electron chi connectivity index (χ2n) is 9.60. The number of β-amino-alcohol motifs (C(OH)–C–C–N with tert-alkyl or cyclic N) is 1. The Morgan fingerprint density at radius 3 is 2.81 bits per heavy atom. The van der Waals surface area contributed by atoms with Crippen molar-refractivity contribution in [2.75, 3.05) is 25.5 Å². The average Bonchev–Trinajstić information content (AvgIpc) is 3.61. The number of nitrogens with two attached hydrogens (primary N) is 1. The Kier molecular flexibility index (Phi) is 6.94. The van der Waals surface area contributed by atoms with Crippen molar-refractivity contribution in [2.24, 2.45) is 0 Å². The van der Waals surface area contributed by atoms with Crippen molar-refractivity contribution in [3.8, 4) is 11.3 Å². The Morgan fingerprint density at radius 2 is 2.08 bits per heavy atom. The highest BCUT2D eigenvalue weighted by Crippen LogP contribution is 2.36. The minimum Gasteiger partial charge on any atom is -0.391 e. The molecule has 2 aliphatic rings. The molecule has 0 bridgehead atoms. The molecule has 0 aliphatic carbocycles. The molecular formula is C27H33N7O3. The van der Waals surface area contributed by atoms with E-state index >= 15 is 0 Å². The molecule has 2 aliphatic heterocycles. The molecule has 37 heavy (non-hydrogen) atoms. The average molecular weight is 504 g/mol. The molecule has 3 N–H and O–H groups in total. The van der Waals surface area contributed by atoms with Gasteiger partial charge in [-0.3, -0.25) is 9.48 Å². The van der Waals surface area contributed by atoms with Gasteiger partial charge in [-0.05, 0) is 50.0 Å². The lowest BCUT2D eigenvalue weighted by Crippen LogP contribution is -2.34. The van der Waals surface area contributed by atoms with Gasteiger partial charge < -0.3 is 20.5 Å². The summed E-state index contributed by atoms with van der Waals surface area (Å²) in [6, 6.07) is 4.01. The molecule has 10 nitrogen and oxygen atoms in total. The van der Waals surface area contributed by atoms with Gasteiger partial charge in [0.25, 0.3) is 0 Å². The summed E-state index contributed by atoms with van der Waals surface area (Å²) in [6.45, 7) is 9.46. The molecule has 3 aromatic rings. The van der Waals surface area contributed by atoms with Crippen LogP contribution in [0.5, 0.6) is 0 Å². The van der Waals surface area contributed by atoms with Crippen LogP contribution in [0.4, 0.5) is 5.82 Å². The molecule has 0 unspecified atom stereocenters. The first-order valence-corrected chi connectivity index (χ1v) is 12.6. The molecule has 5 heterocycles. The summed E-state index contributed by atoms with van der Waals surface area (Å²) in [6.07, 6.45) is 10.8. The fraction of sp³-hybridized carbons (Fsp3) is 0.407. The van der Waals surface area contributed by atoms with Crippen LogP contribution >= 0.6 is 0 Å². The molecule has 2 saturated heterocycles. The van der Waals surface area contributed by atoms with Crippen LogP contribution in [0.2, 0.25) is 0 Å². The number of hydrogen-bond donors (Lipinski definition) is 2. The number of hydrogen-bond acceptors (Lipinski definition) is 7. The van der Waals surface area contributed by atoms with Crippen LogP contribution in [-0.2, 0) is 9.53 Å². The lowest BCUT2D eigenvalue weighted by molar-refractivity contribution is -0.129. The predicted molar refractivity (Wildman–Crippen MR) is 141 cm³/mol. The van der Waals surface area contributed by atoms with Gasteiger partial charge in [-0.25, -0.2) is 9.50 Å². The molecule has 0 saturated carbocycles. The predicted octanol–water partition coefficient (Wildman–Crippen LogP) is 3.02. The number of allylic oxidation sites excluding steroid dienone is 3. The molecule has 1 amide bonds. The monoisotopic (exact) mass is 503 g/mol. The quantitative estimate of drug-likeness (QED) is 0.496. The Morgan fingerprint density at radius 1 is 1.30 bits per heavy atom. The van der Waals surface area contributed by atoms with Gasteiger partial charge in [0.1, 0.15) is 11.8 Å². The fourth-order valence-corrected chi connectivity index (χ4v) is 5.41. The number of amides is 1. The molecule has 0 radical (unpaired) electrons. The van der Waals surface area contributed by atoms with Gasteiger partial charge in [-0.2, -0.15) is 10.2 Å². The van der Waals surface area contributed by atoms with Gasteiger partial charge in [0.2, 0.25) is 5.91 Å². The first kappa shape index (κ1) is 24.9. The van der Waals surface area contributed by atoms with E-state index in [-0.39, 0.29) is 18.0 Å². The zero-order chi connectivity index (χ0) is 26.1. The van der Waals surface area contributed by atoms with E-state index in [1.807, 2.05) is 31.2 Å². The molecule has 0 aromatic carbocycles. The molecule has 3 aromatic heterocycles. The summed E-state index contributed by atoms with van der Waals surface area (Å²) >= 11 is 0. The maximum Gasteiger partial charge on any atom is 0.220 e. The van der Waals surface area contributed by atoms with E-state index < -0.39 is 6.10 Å². The van der Waals surface area contributed by atoms with Gasteiger partial charge in [0, 0.05) is 44.0 Å². The number of aromatic nitrogens is 5. The molecule has 10 heteroatoms. The molecule has 194 valence electrons. The SMILES string of the molecule is C=C(/C=C(\C=C/C)c1cc(-c2ccnn2C2CCOCC2)c2c(N)ncnn12)[C@@H]1C[C@@H](O)CN1C(C)=O. The van der Waals surface area contributed by atoms with E-state index in [1.165, 1.54) is 13.3 Å². The van der Waals surface area contributed by atoms with E-state index in [0.717, 1.165) is 40.9 Å². The number of likely N-dealkylation sites (tertiary alicyclic amines) is 1. The Labute approximate surface area is 215 Å². The van der Waals surface area contributed by atoms with E-state index in [2.05, 4.69) is 32.5 Å². The van der Waals surface area contributed by atoms with Crippen LogP contribution in [0.25, 0.3) is 22.3 Å². The summed E-state index contributed by atoms with van der Waals surface area (Å²) in [5, 5.41) is 19.4. The van der Waals surface area contributed by atoms with Gasteiger partial charge in [-0.1, -0.05) is 18.7 Å². The number of nitrogens with zero attached hydrogens (tertiary/aromatic N) is 6. The normalized spacial score (nSPS) is 21.4. The van der Waals surface area contributed by atoms with Gasteiger partial charge in [0.15, 0.2) is 5.82 Å². The third kappa shape index (κ3) is 4.70. The number of fused-ring (bicyclic) bond motifs is 1. The number of ether oxygens (including phenoxy) is 1. The van der Waals surface area contributed by atoms with Crippen molar-refractivity contribution in [3.05, 3.63) is 60.7 Å². The van der Waals surface area contributed by atoms with Crippen molar-refractivity contribution in [3.63, 3.8) is 0 Å². The third-order valence-electron chi connectivity index (χ3n) is 7.16. The zero-order valence-electron chi connectivity index (χ0n) is 21.2. The lowest BCUT2D eigenvalue weighted by Gasteiger charge is -2.24. The Bertz CT molecular complexity index is 1380. The number of rotatable bonds is 6. The van der Waals surface area contributed by atoms with Gasteiger partial charge >= 0.3 is 0 Å². The highest BCUT2D eigenvalue weighted by Gasteiger charge is 2.34. The van der Waals surface area contributed by atoms with Crippen LogP contribution in [0.15, 0.2) is 55.0 Å². The molecular weight excluding hydrogens is 470 g/mol. The van der Waals surface area contributed by atoms with E-state index in [9.17, 15) is 9.90 Å². The van der Waals surface area contributed by atoms with E-state index in [0.29, 0.717) is 37.5 Å². The minimum atomic E-state index is -0.567. The summed E-state index contributed by atoms with van der Waals surface area (Å²) in [5.41, 5.74) is 11.3. The van der Waals surface area contributed by atoms with Crippen molar-refractivity contribution >= 4 is 22.8 Å². The molecule has 2 fully saturated rings. The smallest absolute Gasteiger partial charge is 0.220 e. The van der Waals surface area contributed by atoms with E-state index in [1.54, 1.807) is 15.6 Å². The first-order valence-electron chi connectivity index (χ1n) is 12.6. The summed E-state index contributed by atoms with van der Waals surface area (Å²) in [4.78, 5) is 18.1. The van der Waals surface area contributed by atoms with Crippen molar-refractivity contribution in [2.45, 2.75) is 51.3 Å². The zero-order valence-corrected chi connectivity index (χ0v) is 21.2. The highest BCUT2D eigenvalue weighted by molar-refractivity contribution is 5.91. The van der Waals surface area contributed by atoms with Gasteiger partial charge in [-0.15, -0.1) is 0 Å². The van der Waals surface area contributed by atoms with E-state index in [4.69, 9.17) is 10.5 Å². The van der Waals surface area contributed by atoms with Crippen LogP contribution in [0, 0.1) is 0 Å². The number of aliphatic hydroxyl groups excluding tert-OH is 1. The maximum absolute atomic E-state index is 12.2. The number of carbonyl (C=O) groups is 1. The van der Waals surface area contributed by atoms with Crippen molar-refractivity contribution < 1.29 is 14.6 Å². The third-order valence-corrected chi connectivity index (χ3v) is 7.16. The van der Waals surface area contributed by atoms with Crippen LogP contribution in [0.3, 0.4) is 0 Å². The lowest BCUT2D eigenvalue weighted by atomic mass is 10.0. The number of aliphatic hydroxyl groups is 1. The fourth-order valence-electron chi connectivity index (χ4n) is 5.41. The summed E-state index contributed by atoms with van der Waals surface area (Å²) in [5.74, 6) is 0.289. The maximum atomic E-state index is 12.2. The molecule has 0 spiro atoms. The summed E-state index contributed by atoms with van der Waals surface area (Å²) < 4.78 is 9.40. The first-order chi connectivity index (χ1) is 17.9. The van der Waals surface area contributed by atoms with Gasteiger partial charge in [0.05, 0.1) is 29.6 Å². The second-order valence-corrected chi connectivity index (χ2v) is 9.60. The number of nitrogen functional groups attached to an aromatic ring is 1. The second kappa shape index (κ2) is 10.3. The van der Waals surface area contributed by atoms with Crippen LogP contribution in [-0.4, -0.2) is 72.2 Å². The highest BCUT2D eigenvalue weighted by atomic mass is 16.5. The number of anilines is 1. The molecule has 5 rings (SSSR count). The van der Waals surface area contributed by atoms with Crippen LogP contribution in [0.1, 0.15) is 44.8 Å². The van der Waals surface area contributed by atoms with Crippen molar-refractivity contribution in [1.82, 2.24) is 29.3 Å². The largest absolute Gasteiger partial charge is 0.391 e. The standard InChI is InChI=1S/C27H33N7O3/c1-4-5-19(12-17(2)24-13-21(36)15-32(24)18(3)35)25-14-22(26-27(28)29-16-31-34(25)26)23-6-9-30-33(23)20-7-10-37-11-8-20/h4-6,9,12,14,16,20-21,24,36H,2,7-8,10-11,13,15H2,1,3H3,(H2,28,29,31)/b5-4-,19-12+/t21-,24+/m1/s1. The number of carbonyl (C=O) groups excluding carboxylic acids is 1. The summed E-state index contributed by atoms with van der Waals surface area (Å²) in [7, 11) is 0. The molecule has 2 atom stereocenters.